The molecule has 0 radical (unpaired) electrons. The van der Waals surface area contributed by atoms with Crippen LogP contribution in [0.2, 0.25) is 0 Å². The number of nitrogens with one attached hydrogen (secondary N) is 1. The first kappa shape index (κ1) is 14.2. The summed E-state index contributed by atoms with van der Waals surface area (Å²) in [6.07, 6.45) is 6.77. The predicted molar refractivity (Wildman–Crippen MR) is 77.3 cm³/mol. The Morgan fingerprint density at radius 2 is 2.05 bits per heavy atom. The van der Waals surface area contributed by atoms with E-state index < -0.39 is 0 Å². The van der Waals surface area contributed by atoms with Gasteiger partial charge in [0.25, 0.3) is 0 Å². The average Bonchev–Trinajstić information content (AvgIpc) is 2.86. The fourth-order valence-corrected chi connectivity index (χ4v) is 2.18. The fourth-order valence-electron chi connectivity index (χ4n) is 2.18. The van der Waals surface area contributed by atoms with Crippen molar-refractivity contribution in [1.82, 2.24) is 19.9 Å². The highest BCUT2D eigenvalue weighted by atomic mass is 16.1. The molecule has 0 saturated carbocycles. The minimum atomic E-state index is 0.0561. The van der Waals surface area contributed by atoms with Gasteiger partial charge in [0.15, 0.2) is 0 Å². The van der Waals surface area contributed by atoms with Gasteiger partial charge in [-0.25, -0.2) is 4.98 Å². The summed E-state index contributed by atoms with van der Waals surface area (Å²) in [6, 6.07) is 3.91. The minimum absolute atomic E-state index is 0.0561. The van der Waals surface area contributed by atoms with Crippen LogP contribution in [0.5, 0.6) is 0 Å². The SMILES string of the molecule is Cc1cc(CC(=O)NCCCn2ccnc2)cc(C)n1. The van der Waals surface area contributed by atoms with E-state index >= 15 is 0 Å². The van der Waals surface area contributed by atoms with Crippen molar-refractivity contribution in [1.29, 1.82) is 0 Å². The molecule has 106 valence electrons. The van der Waals surface area contributed by atoms with Crippen LogP contribution in [-0.2, 0) is 17.8 Å². The Hall–Kier alpha value is -2.17. The molecule has 2 aromatic heterocycles. The zero-order chi connectivity index (χ0) is 14.4. The molecule has 0 bridgehead atoms. The molecule has 0 unspecified atom stereocenters. The van der Waals surface area contributed by atoms with Crippen molar-refractivity contribution in [3.63, 3.8) is 0 Å². The Morgan fingerprint density at radius 3 is 2.70 bits per heavy atom. The first-order chi connectivity index (χ1) is 9.63. The Labute approximate surface area is 119 Å². The molecule has 5 heteroatoms. The average molecular weight is 272 g/mol. The first-order valence-corrected chi connectivity index (χ1v) is 6.80. The molecule has 0 aliphatic carbocycles. The number of carbonyl (C=O) groups excluding carboxylic acids is 1. The summed E-state index contributed by atoms with van der Waals surface area (Å²) < 4.78 is 2.00. The highest BCUT2D eigenvalue weighted by Crippen LogP contribution is 2.05. The summed E-state index contributed by atoms with van der Waals surface area (Å²) in [5.74, 6) is 0.0561. The van der Waals surface area contributed by atoms with Gasteiger partial charge < -0.3 is 9.88 Å². The molecule has 0 aliphatic rings. The van der Waals surface area contributed by atoms with Gasteiger partial charge in [0.2, 0.25) is 5.91 Å². The molecule has 1 amide bonds. The van der Waals surface area contributed by atoms with E-state index in [-0.39, 0.29) is 5.91 Å². The molecule has 20 heavy (non-hydrogen) atoms. The molecule has 2 aromatic rings. The first-order valence-electron chi connectivity index (χ1n) is 6.80. The third-order valence-corrected chi connectivity index (χ3v) is 2.98. The number of nitrogens with zero attached hydrogens (tertiary/aromatic N) is 3. The largest absolute Gasteiger partial charge is 0.356 e. The summed E-state index contributed by atoms with van der Waals surface area (Å²) in [5, 5.41) is 2.94. The molecule has 0 fully saturated rings. The molecule has 0 saturated heterocycles. The molecule has 0 spiro atoms. The van der Waals surface area contributed by atoms with Crippen LogP contribution in [0, 0.1) is 13.8 Å². The van der Waals surface area contributed by atoms with E-state index in [2.05, 4.69) is 15.3 Å². The van der Waals surface area contributed by atoms with Gasteiger partial charge in [-0.05, 0) is 38.0 Å². The van der Waals surface area contributed by atoms with Crippen molar-refractivity contribution in [2.24, 2.45) is 0 Å². The van der Waals surface area contributed by atoms with Crippen molar-refractivity contribution in [3.8, 4) is 0 Å². The van der Waals surface area contributed by atoms with E-state index in [1.807, 2.05) is 36.7 Å². The molecule has 0 atom stereocenters. The molecular weight excluding hydrogens is 252 g/mol. The Kier molecular flexibility index (Phi) is 4.87. The molecule has 5 nitrogen and oxygen atoms in total. The quantitative estimate of drug-likeness (QED) is 0.813. The lowest BCUT2D eigenvalue weighted by atomic mass is 10.1. The monoisotopic (exact) mass is 272 g/mol. The summed E-state index contributed by atoms with van der Waals surface area (Å²) in [7, 11) is 0. The van der Waals surface area contributed by atoms with Crippen LogP contribution in [0.25, 0.3) is 0 Å². The van der Waals surface area contributed by atoms with Gasteiger partial charge in [-0.2, -0.15) is 0 Å². The molecule has 0 aliphatic heterocycles. The van der Waals surface area contributed by atoms with E-state index in [0.29, 0.717) is 13.0 Å². The second-order valence-corrected chi connectivity index (χ2v) is 4.94. The topological polar surface area (TPSA) is 59.8 Å². The molecule has 0 aromatic carbocycles. The van der Waals surface area contributed by atoms with Gasteiger partial charge >= 0.3 is 0 Å². The highest BCUT2D eigenvalue weighted by Gasteiger charge is 2.04. The lowest BCUT2D eigenvalue weighted by molar-refractivity contribution is -0.120. The normalized spacial score (nSPS) is 10.5. The van der Waals surface area contributed by atoms with E-state index in [4.69, 9.17) is 0 Å². The molecule has 2 heterocycles. The van der Waals surface area contributed by atoms with Gasteiger partial charge in [-0.3, -0.25) is 9.78 Å². The maximum Gasteiger partial charge on any atom is 0.224 e. The predicted octanol–water partition coefficient (Wildman–Crippen LogP) is 1.64. The standard InChI is InChI=1S/C15H20N4O/c1-12-8-14(9-13(2)18-12)10-15(20)17-4-3-6-19-7-5-16-11-19/h5,7-9,11H,3-4,6,10H2,1-2H3,(H,17,20). The molecular formula is C15H20N4O. The second-order valence-electron chi connectivity index (χ2n) is 4.94. The van der Waals surface area contributed by atoms with Crippen LogP contribution in [0.3, 0.4) is 0 Å². The van der Waals surface area contributed by atoms with Gasteiger partial charge in [-0.1, -0.05) is 0 Å². The summed E-state index contributed by atoms with van der Waals surface area (Å²) in [6.45, 7) is 5.44. The Bertz CT molecular complexity index is 543. The zero-order valence-corrected chi connectivity index (χ0v) is 12.0. The fraction of sp³-hybridized carbons (Fsp3) is 0.400. The molecule has 1 N–H and O–H groups in total. The van der Waals surface area contributed by atoms with E-state index in [9.17, 15) is 4.79 Å². The van der Waals surface area contributed by atoms with Crippen LogP contribution < -0.4 is 5.32 Å². The van der Waals surface area contributed by atoms with Crippen molar-refractivity contribution < 1.29 is 4.79 Å². The van der Waals surface area contributed by atoms with Crippen molar-refractivity contribution >= 4 is 5.91 Å². The smallest absolute Gasteiger partial charge is 0.224 e. The van der Waals surface area contributed by atoms with Crippen molar-refractivity contribution in [2.75, 3.05) is 6.54 Å². The zero-order valence-electron chi connectivity index (χ0n) is 12.0. The van der Waals surface area contributed by atoms with Gasteiger partial charge in [0, 0.05) is 36.9 Å². The summed E-state index contributed by atoms with van der Waals surface area (Å²) in [5.41, 5.74) is 2.92. The van der Waals surface area contributed by atoms with Crippen LogP contribution in [0.4, 0.5) is 0 Å². The number of pyridine rings is 1. The lowest BCUT2D eigenvalue weighted by Gasteiger charge is -2.07. The van der Waals surface area contributed by atoms with Crippen molar-refractivity contribution in [3.05, 3.63) is 47.8 Å². The number of aryl methyl sites for hydroxylation is 3. The number of rotatable bonds is 6. The number of carbonyl (C=O) groups is 1. The van der Waals surface area contributed by atoms with E-state index in [0.717, 1.165) is 29.9 Å². The van der Waals surface area contributed by atoms with Crippen LogP contribution in [-0.4, -0.2) is 27.0 Å². The summed E-state index contributed by atoms with van der Waals surface area (Å²) in [4.78, 5) is 20.1. The van der Waals surface area contributed by atoms with Crippen LogP contribution >= 0.6 is 0 Å². The number of hydrogen-bond donors (Lipinski definition) is 1. The molecule has 2 rings (SSSR count). The van der Waals surface area contributed by atoms with E-state index in [1.54, 1.807) is 12.5 Å². The van der Waals surface area contributed by atoms with Crippen LogP contribution in [0.15, 0.2) is 30.9 Å². The third kappa shape index (κ3) is 4.50. The highest BCUT2D eigenvalue weighted by molar-refractivity contribution is 5.78. The number of hydrogen-bond acceptors (Lipinski definition) is 3. The maximum absolute atomic E-state index is 11.8. The van der Waals surface area contributed by atoms with Crippen LogP contribution in [0.1, 0.15) is 23.4 Å². The van der Waals surface area contributed by atoms with Crippen molar-refractivity contribution in [2.45, 2.75) is 33.2 Å². The van der Waals surface area contributed by atoms with E-state index in [1.165, 1.54) is 0 Å². The third-order valence-electron chi connectivity index (χ3n) is 2.98. The minimum Gasteiger partial charge on any atom is -0.356 e. The Morgan fingerprint density at radius 1 is 1.30 bits per heavy atom. The summed E-state index contributed by atoms with van der Waals surface area (Å²) >= 11 is 0. The maximum atomic E-state index is 11.8. The van der Waals surface area contributed by atoms with Gasteiger partial charge in [0.1, 0.15) is 0 Å². The number of amides is 1. The number of imidazole rings is 1. The van der Waals surface area contributed by atoms with Gasteiger partial charge in [-0.15, -0.1) is 0 Å². The lowest BCUT2D eigenvalue weighted by Crippen LogP contribution is -2.26. The second kappa shape index (κ2) is 6.84. The Balaban J connectivity index is 1.72. The van der Waals surface area contributed by atoms with Gasteiger partial charge in [0.05, 0.1) is 12.7 Å². The number of aromatic nitrogens is 3.